The van der Waals surface area contributed by atoms with E-state index >= 15 is 0 Å². The van der Waals surface area contributed by atoms with Gasteiger partial charge in [0.1, 0.15) is 6.67 Å². The summed E-state index contributed by atoms with van der Waals surface area (Å²) in [5.41, 5.74) is 2.28. The lowest BCUT2D eigenvalue weighted by Gasteiger charge is -2.12. The van der Waals surface area contributed by atoms with Crippen molar-refractivity contribution in [1.82, 2.24) is 10.6 Å². The summed E-state index contributed by atoms with van der Waals surface area (Å²) >= 11 is 6.08. The minimum Gasteiger partial charge on any atom is -0.336 e. The van der Waals surface area contributed by atoms with Crippen molar-refractivity contribution in [2.45, 2.75) is 18.9 Å². The van der Waals surface area contributed by atoms with Crippen LogP contribution in [0.15, 0.2) is 18.2 Å². The third-order valence-electron chi connectivity index (χ3n) is 2.85. The standard InChI is InChI=1S/C12H14ClFN2O/c13-11-3-1-2-8-6-9(7-10(8)11)16-12(17)15-5-4-14/h1-3,9H,4-7H2,(H2,15,16,17). The highest BCUT2D eigenvalue weighted by Crippen LogP contribution is 2.28. The molecule has 0 radical (unpaired) electrons. The fourth-order valence-electron chi connectivity index (χ4n) is 2.11. The third-order valence-corrected chi connectivity index (χ3v) is 3.20. The van der Waals surface area contributed by atoms with Crippen molar-refractivity contribution in [3.8, 4) is 0 Å². The molecule has 1 aliphatic rings. The molecule has 17 heavy (non-hydrogen) atoms. The van der Waals surface area contributed by atoms with E-state index in [2.05, 4.69) is 10.6 Å². The number of carbonyl (C=O) groups is 1. The van der Waals surface area contributed by atoms with Crippen molar-refractivity contribution < 1.29 is 9.18 Å². The molecule has 2 N–H and O–H groups in total. The SMILES string of the molecule is O=C(NCCF)NC1Cc2cccc(Cl)c2C1. The van der Waals surface area contributed by atoms with Crippen LogP contribution in [-0.4, -0.2) is 25.3 Å². The minimum absolute atomic E-state index is 0.0458. The molecule has 1 unspecified atom stereocenters. The van der Waals surface area contributed by atoms with Gasteiger partial charge < -0.3 is 10.6 Å². The molecule has 0 fully saturated rings. The topological polar surface area (TPSA) is 41.1 Å². The molecule has 92 valence electrons. The maximum absolute atomic E-state index is 11.9. The number of urea groups is 1. The molecule has 1 aliphatic carbocycles. The molecule has 3 nitrogen and oxygen atoms in total. The lowest BCUT2D eigenvalue weighted by atomic mass is 10.1. The first-order valence-electron chi connectivity index (χ1n) is 5.57. The van der Waals surface area contributed by atoms with Crippen LogP contribution >= 0.6 is 11.6 Å². The predicted molar refractivity (Wildman–Crippen MR) is 65.2 cm³/mol. The highest BCUT2D eigenvalue weighted by molar-refractivity contribution is 6.31. The van der Waals surface area contributed by atoms with E-state index in [0.29, 0.717) is 0 Å². The van der Waals surface area contributed by atoms with Crippen molar-refractivity contribution in [2.24, 2.45) is 0 Å². The summed E-state index contributed by atoms with van der Waals surface area (Å²) < 4.78 is 11.9. The number of hydrogen-bond acceptors (Lipinski definition) is 1. The second-order valence-electron chi connectivity index (χ2n) is 4.07. The first-order valence-corrected chi connectivity index (χ1v) is 5.95. The van der Waals surface area contributed by atoms with E-state index < -0.39 is 6.67 Å². The molecule has 2 rings (SSSR count). The van der Waals surface area contributed by atoms with Crippen LogP contribution in [0.5, 0.6) is 0 Å². The molecular formula is C12H14ClFN2O. The van der Waals surface area contributed by atoms with E-state index in [4.69, 9.17) is 11.6 Å². The molecule has 2 amide bonds. The number of benzene rings is 1. The molecule has 1 aromatic carbocycles. The number of nitrogens with one attached hydrogen (secondary N) is 2. The molecule has 1 atom stereocenters. The Hall–Kier alpha value is -1.29. The molecule has 0 aliphatic heterocycles. The van der Waals surface area contributed by atoms with Gasteiger partial charge in [-0.25, -0.2) is 9.18 Å². The van der Waals surface area contributed by atoms with Gasteiger partial charge >= 0.3 is 6.03 Å². The van der Waals surface area contributed by atoms with Gasteiger partial charge in [-0.05, 0) is 30.0 Å². The van der Waals surface area contributed by atoms with Gasteiger partial charge in [0.25, 0.3) is 0 Å². The van der Waals surface area contributed by atoms with E-state index in [1.807, 2.05) is 18.2 Å². The summed E-state index contributed by atoms with van der Waals surface area (Å²) in [5.74, 6) is 0. The molecular weight excluding hydrogens is 243 g/mol. The molecule has 1 aromatic rings. The molecule has 0 aromatic heterocycles. The average molecular weight is 257 g/mol. The first kappa shape index (κ1) is 12.2. The summed E-state index contributed by atoms with van der Waals surface area (Å²) in [6, 6.07) is 5.50. The molecule has 0 saturated carbocycles. The van der Waals surface area contributed by atoms with Crippen LogP contribution < -0.4 is 10.6 Å². The van der Waals surface area contributed by atoms with E-state index in [-0.39, 0.29) is 18.6 Å². The molecule has 0 saturated heterocycles. The minimum atomic E-state index is -0.551. The van der Waals surface area contributed by atoms with Crippen molar-refractivity contribution >= 4 is 17.6 Å². The van der Waals surface area contributed by atoms with Gasteiger partial charge in [-0.3, -0.25) is 0 Å². The Morgan fingerprint density at radius 3 is 3.00 bits per heavy atom. The lowest BCUT2D eigenvalue weighted by Crippen LogP contribution is -2.43. The van der Waals surface area contributed by atoms with E-state index in [0.717, 1.165) is 23.4 Å². The van der Waals surface area contributed by atoms with Crippen LogP contribution in [0.1, 0.15) is 11.1 Å². The summed E-state index contributed by atoms with van der Waals surface area (Å²) in [6.07, 6.45) is 1.51. The Kier molecular flexibility index (Phi) is 3.84. The van der Waals surface area contributed by atoms with Crippen molar-refractivity contribution in [3.05, 3.63) is 34.3 Å². The number of hydrogen-bond donors (Lipinski definition) is 2. The maximum atomic E-state index is 11.9. The van der Waals surface area contributed by atoms with Crippen molar-refractivity contribution in [3.63, 3.8) is 0 Å². The number of halogens is 2. The second-order valence-corrected chi connectivity index (χ2v) is 4.48. The normalized spacial score (nSPS) is 17.6. The van der Waals surface area contributed by atoms with Crippen LogP contribution in [-0.2, 0) is 12.8 Å². The zero-order valence-corrected chi connectivity index (χ0v) is 10.1. The zero-order chi connectivity index (χ0) is 12.3. The molecule has 0 spiro atoms. The van der Waals surface area contributed by atoms with E-state index in [9.17, 15) is 9.18 Å². The fraction of sp³-hybridized carbons (Fsp3) is 0.417. The summed E-state index contributed by atoms with van der Waals surface area (Å²) in [6.45, 7) is -0.504. The van der Waals surface area contributed by atoms with Gasteiger partial charge in [-0.2, -0.15) is 0 Å². The Morgan fingerprint density at radius 2 is 2.29 bits per heavy atom. The van der Waals surface area contributed by atoms with Crippen LogP contribution in [0.4, 0.5) is 9.18 Å². The summed E-state index contributed by atoms with van der Waals surface area (Å²) in [7, 11) is 0. The fourth-order valence-corrected chi connectivity index (χ4v) is 2.38. The Labute approximate surface area is 104 Å². The van der Waals surface area contributed by atoms with Gasteiger partial charge in [-0.15, -0.1) is 0 Å². The van der Waals surface area contributed by atoms with Gasteiger partial charge in [0.05, 0.1) is 0 Å². The average Bonchev–Trinajstić information content (AvgIpc) is 2.70. The lowest BCUT2D eigenvalue weighted by molar-refractivity contribution is 0.236. The van der Waals surface area contributed by atoms with Crippen LogP contribution in [0, 0.1) is 0 Å². The predicted octanol–water partition coefficient (Wildman–Crippen LogP) is 2.08. The first-order chi connectivity index (χ1) is 8.20. The summed E-state index contributed by atoms with van der Waals surface area (Å²) in [5, 5.41) is 6.00. The van der Waals surface area contributed by atoms with Crippen LogP contribution in [0.3, 0.4) is 0 Å². The van der Waals surface area contributed by atoms with Crippen molar-refractivity contribution in [2.75, 3.05) is 13.2 Å². The van der Waals surface area contributed by atoms with Gasteiger partial charge in [0.15, 0.2) is 0 Å². The van der Waals surface area contributed by atoms with Crippen molar-refractivity contribution in [1.29, 1.82) is 0 Å². The molecule has 0 heterocycles. The Balaban J connectivity index is 1.92. The summed E-state index contributed by atoms with van der Waals surface area (Å²) in [4.78, 5) is 11.4. The van der Waals surface area contributed by atoms with E-state index in [1.165, 1.54) is 5.56 Å². The van der Waals surface area contributed by atoms with Gasteiger partial charge in [0, 0.05) is 17.6 Å². The van der Waals surface area contributed by atoms with Crippen LogP contribution in [0.2, 0.25) is 5.02 Å². The Bertz CT molecular complexity index is 425. The van der Waals surface area contributed by atoms with Gasteiger partial charge in [-0.1, -0.05) is 23.7 Å². The van der Waals surface area contributed by atoms with Gasteiger partial charge in [0.2, 0.25) is 0 Å². The highest BCUT2D eigenvalue weighted by atomic mass is 35.5. The maximum Gasteiger partial charge on any atom is 0.315 e. The molecule has 0 bridgehead atoms. The molecule has 5 heteroatoms. The quantitative estimate of drug-likeness (QED) is 0.854. The number of fused-ring (bicyclic) bond motifs is 1. The largest absolute Gasteiger partial charge is 0.336 e. The van der Waals surface area contributed by atoms with Crippen LogP contribution in [0.25, 0.3) is 0 Å². The second kappa shape index (κ2) is 5.36. The van der Waals surface area contributed by atoms with E-state index in [1.54, 1.807) is 0 Å². The Morgan fingerprint density at radius 1 is 1.47 bits per heavy atom. The third kappa shape index (κ3) is 2.88. The number of carbonyl (C=O) groups excluding carboxylic acids is 1. The monoisotopic (exact) mass is 256 g/mol. The smallest absolute Gasteiger partial charge is 0.315 e. The highest BCUT2D eigenvalue weighted by Gasteiger charge is 2.24. The number of rotatable bonds is 3. The zero-order valence-electron chi connectivity index (χ0n) is 9.30. The number of amides is 2. The number of alkyl halides is 1.